The number of hydrogen-bond acceptors (Lipinski definition) is 4. The van der Waals surface area contributed by atoms with Crippen LogP contribution in [0.4, 0.5) is 0 Å². The molecule has 5 heteroatoms. The fourth-order valence-electron chi connectivity index (χ4n) is 2.38. The Morgan fingerprint density at radius 2 is 1.87 bits per heavy atom. The third kappa shape index (κ3) is 3.56. The van der Waals surface area contributed by atoms with Crippen molar-refractivity contribution < 1.29 is 4.74 Å². The maximum absolute atomic E-state index is 5.19. The minimum atomic E-state index is 0.838. The molecule has 0 aliphatic rings. The van der Waals surface area contributed by atoms with E-state index in [-0.39, 0.29) is 0 Å². The average molecular weight is 325 g/mol. The Balaban J connectivity index is 1.76. The summed E-state index contributed by atoms with van der Waals surface area (Å²) in [6, 6.07) is 16.4. The first-order valence-corrected chi connectivity index (χ1v) is 8.38. The SMILES string of the molecule is COc1ccc(-c2nnc(SCc3cccc(C)c3)n2C)cc1. The molecule has 3 rings (SSSR count). The van der Waals surface area contributed by atoms with Gasteiger partial charge >= 0.3 is 0 Å². The van der Waals surface area contributed by atoms with Gasteiger partial charge in [0.2, 0.25) is 0 Å². The largest absolute Gasteiger partial charge is 0.497 e. The van der Waals surface area contributed by atoms with Gasteiger partial charge in [0.15, 0.2) is 11.0 Å². The van der Waals surface area contributed by atoms with E-state index in [1.165, 1.54) is 11.1 Å². The van der Waals surface area contributed by atoms with Gasteiger partial charge in [-0.05, 0) is 36.8 Å². The molecular formula is C18H19N3OS. The monoisotopic (exact) mass is 325 g/mol. The minimum Gasteiger partial charge on any atom is -0.497 e. The second-order valence-electron chi connectivity index (χ2n) is 5.37. The summed E-state index contributed by atoms with van der Waals surface area (Å²) >= 11 is 1.70. The van der Waals surface area contributed by atoms with Crippen LogP contribution in [0.1, 0.15) is 11.1 Å². The van der Waals surface area contributed by atoms with E-state index in [1.54, 1.807) is 18.9 Å². The second kappa shape index (κ2) is 6.87. The summed E-state index contributed by atoms with van der Waals surface area (Å²) in [6.45, 7) is 2.11. The van der Waals surface area contributed by atoms with Gasteiger partial charge in [-0.2, -0.15) is 0 Å². The van der Waals surface area contributed by atoms with E-state index in [0.717, 1.165) is 28.0 Å². The van der Waals surface area contributed by atoms with Crippen molar-refractivity contribution in [2.24, 2.45) is 7.05 Å². The van der Waals surface area contributed by atoms with Crippen LogP contribution in [0.3, 0.4) is 0 Å². The lowest BCUT2D eigenvalue weighted by molar-refractivity contribution is 0.415. The smallest absolute Gasteiger partial charge is 0.191 e. The molecule has 1 heterocycles. The number of hydrogen-bond donors (Lipinski definition) is 0. The molecule has 118 valence electrons. The first-order chi connectivity index (χ1) is 11.2. The molecule has 0 N–H and O–H groups in total. The Morgan fingerprint density at radius 1 is 1.09 bits per heavy atom. The van der Waals surface area contributed by atoms with Crippen molar-refractivity contribution in [1.29, 1.82) is 0 Å². The third-order valence-corrected chi connectivity index (χ3v) is 4.72. The van der Waals surface area contributed by atoms with E-state index < -0.39 is 0 Å². The number of aryl methyl sites for hydroxylation is 1. The van der Waals surface area contributed by atoms with Gasteiger partial charge in [-0.15, -0.1) is 10.2 Å². The summed E-state index contributed by atoms with van der Waals surface area (Å²) in [7, 11) is 3.66. The summed E-state index contributed by atoms with van der Waals surface area (Å²) < 4.78 is 7.22. The van der Waals surface area contributed by atoms with Crippen molar-refractivity contribution in [3.05, 3.63) is 59.7 Å². The Morgan fingerprint density at radius 3 is 2.57 bits per heavy atom. The van der Waals surface area contributed by atoms with Gasteiger partial charge < -0.3 is 9.30 Å². The van der Waals surface area contributed by atoms with E-state index in [1.807, 2.05) is 35.9 Å². The van der Waals surface area contributed by atoms with E-state index in [4.69, 9.17) is 4.74 Å². The number of rotatable bonds is 5. The molecule has 0 radical (unpaired) electrons. The van der Waals surface area contributed by atoms with E-state index in [2.05, 4.69) is 41.4 Å². The molecule has 2 aromatic carbocycles. The molecule has 0 amide bonds. The number of thioether (sulfide) groups is 1. The van der Waals surface area contributed by atoms with Gasteiger partial charge in [0.25, 0.3) is 0 Å². The van der Waals surface area contributed by atoms with E-state index >= 15 is 0 Å². The second-order valence-corrected chi connectivity index (χ2v) is 6.31. The fraction of sp³-hybridized carbons (Fsp3) is 0.222. The molecule has 0 fully saturated rings. The molecule has 0 atom stereocenters. The molecule has 0 saturated carbocycles. The quantitative estimate of drug-likeness (QED) is 0.662. The van der Waals surface area contributed by atoms with Crippen molar-refractivity contribution in [3.63, 3.8) is 0 Å². The first-order valence-electron chi connectivity index (χ1n) is 7.39. The standard InChI is InChI=1S/C18H19N3OS/c1-13-5-4-6-14(11-13)12-23-18-20-19-17(21(18)2)15-7-9-16(22-3)10-8-15/h4-11H,12H2,1-3H3. The van der Waals surface area contributed by atoms with Crippen molar-refractivity contribution in [1.82, 2.24) is 14.8 Å². The number of nitrogens with zero attached hydrogens (tertiary/aromatic N) is 3. The summed E-state index contributed by atoms with van der Waals surface area (Å²) in [4.78, 5) is 0. The van der Waals surface area contributed by atoms with Gasteiger partial charge in [-0.25, -0.2) is 0 Å². The molecule has 0 spiro atoms. The van der Waals surface area contributed by atoms with Gasteiger partial charge in [0.05, 0.1) is 7.11 Å². The Hall–Kier alpha value is -2.27. The topological polar surface area (TPSA) is 39.9 Å². The maximum atomic E-state index is 5.19. The van der Waals surface area contributed by atoms with Gasteiger partial charge in [-0.3, -0.25) is 0 Å². The Bertz CT molecular complexity index is 796. The molecular weight excluding hydrogens is 306 g/mol. The molecule has 3 aromatic rings. The van der Waals surface area contributed by atoms with Gasteiger partial charge in [-0.1, -0.05) is 41.6 Å². The lowest BCUT2D eigenvalue weighted by atomic mass is 10.2. The van der Waals surface area contributed by atoms with Crippen molar-refractivity contribution in [2.75, 3.05) is 7.11 Å². The van der Waals surface area contributed by atoms with Crippen molar-refractivity contribution >= 4 is 11.8 Å². The normalized spacial score (nSPS) is 10.7. The van der Waals surface area contributed by atoms with Crippen LogP contribution < -0.4 is 4.74 Å². The maximum Gasteiger partial charge on any atom is 0.191 e. The molecule has 1 aromatic heterocycles. The first kappa shape index (κ1) is 15.6. The van der Waals surface area contributed by atoms with E-state index in [0.29, 0.717) is 0 Å². The zero-order valence-corrected chi connectivity index (χ0v) is 14.3. The highest BCUT2D eigenvalue weighted by molar-refractivity contribution is 7.98. The highest BCUT2D eigenvalue weighted by Gasteiger charge is 2.11. The molecule has 0 saturated heterocycles. The summed E-state index contributed by atoms with van der Waals surface area (Å²) in [5, 5.41) is 9.55. The van der Waals surface area contributed by atoms with Crippen LogP contribution in [0.2, 0.25) is 0 Å². The lowest BCUT2D eigenvalue weighted by Crippen LogP contribution is -1.95. The van der Waals surface area contributed by atoms with Gasteiger partial charge in [0.1, 0.15) is 5.75 Å². The Labute approximate surface area is 140 Å². The van der Waals surface area contributed by atoms with Crippen LogP contribution >= 0.6 is 11.8 Å². The zero-order chi connectivity index (χ0) is 16.2. The summed E-state index contributed by atoms with van der Waals surface area (Å²) in [5.41, 5.74) is 3.60. The highest BCUT2D eigenvalue weighted by Crippen LogP contribution is 2.26. The molecule has 0 aliphatic carbocycles. The number of benzene rings is 2. The van der Waals surface area contributed by atoms with Crippen molar-refractivity contribution in [2.45, 2.75) is 17.8 Å². The molecule has 0 aliphatic heterocycles. The van der Waals surface area contributed by atoms with Crippen LogP contribution in [0.15, 0.2) is 53.7 Å². The Kier molecular flexibility index (Phi) is 4.67. The number of aromatic nitrogens is 3. The van der Waals surface area contributed by atoms with Crippen molar-refractivity contribution in [3.8, 4) is 17.1 Å². The number of methoxy groups -OCH3 is 1. The van der Waals surface area contributed by atoms with Crippen LogP contribution in [0, 0.1) is 6.92 Å². The molecule has 23 heavy (non-hydrogen) atoms. The number of ether oxygens (including phenoxy) is 1. The average Bonchev–Trinajstić information content (AvgIpc) is 2.94. The minimum absolute atomic E-state index is 0.838. The molecule has 0 unspecified atom stereocenters. The highest BCUT2D eigenvalue weighted by atomic mass is 32.2. The van der Waals surface area contributed by atoms with Crippen LogP contribution in [0.25, 0.3) is 11.4 Å². The van der Waals surface area contributed by atoms with E-state index in [9.17, 15) is 0 Å². The zero-order valence-electron chi connectivity index (χ0n) is 13.5. The molecule has 4 nitrogen and oxygen atoms in total. The fourth-order valence-corrected chi connectivity index (χ4v) is 3.24. The summed E-state index contributed by atoms with van der Waals surface area (Å²) in [6.07, 6.45) is 0. The predicted molar refractivity (Wildman–Crippen MR) is 93.7 cm³/mol. The van der Waals surface area contributed by atoms with Crippen LogP contribution in [0.5, 0.6) is 5.75 Å². The summed E-state index contributed by atoms with van der Waals surface area (Å²) in [5.74, 6) is 2.58. The van der Waals surface area contributed by atoms with Crippen LogP contribution in [-0.2, 0) is 12.8 Å². The third-order valence-electron chi connectivity index (χ3n) is 3.63. The van der Waals surface area contributed by atoms with Crippen LogP contribution in [-0.4, -0.2) is 21.9 Å². The predicted octanol–water partition coefficient (Wildman–Crippen LogP) is 4.09. The molecule has 0 bridgehead atoms. The lowest BCUT2D eigenvalue weighted by Gasteiger charge is -2.05. The van der Waals surface area contributed by atoms with Gasteiger partial charge in [0, 0.05) is 18.4 Å².